The van der Waals surface area contributed by atoms with Crippen LogP contribution in [0.5, 0.6) is 5.75 Å². The lowest BCUT2D eigenvalue weighted by atomic mass is 10.1. The molecular weight excluding hydrogens is 369 g/mol. The van der Waals surface area contributed by atoms with Gasteiger partial charge in [0, 0.05) is 17.3 Å². The number of halogens is 1. The van der Waals surface area contributed by atoms with Gasteiger partial charge >= 0.3 is 0 Å². The van der Waals surface area contributed by atoms with Gasteiger partial charge in [-0.1, -0.05) is 0 Å². The Morgan fingerprint density at radius 1 is 1.30 bits per heavy atom. The van der Waals surface area contributed by atoms with E-state index in [1.165, 1.54) is 0 Å². The number of hydrogen-bond donors (Lipinski definition) is 0. The van der Waals surface area contributed by atoms with Gasteiger partial charge in [-0.05, 0) is 43.4 Å². The molecule has 106 valence electrons. The molecular formula is C14H16IN3O2. The molecule has 0 N–H and O–H groups in total. The molecule has 0 aliphatic heterocycles. The molecule has 2 aromatic rings. The summed E-state index contributed by atoms with van der Waals surface area (Å²) in [6.45, 7) is 6.12. The number of aryl methyl sites for hydroxylation is 2. The first-order valence-electron chi connectivity index (χ1n) is 6.16. The molecule has 0 saturated heterocycles. The molecule has 6 heteroatoms. The van der Waals surface area contributed by atoms with Gasteiger partial charge in [-0.3, -0.25) is 14.3 Å². The fourth-order valence-electron chi connectivity index (χ4n) is 2.05. The van der Waals surface area contributed by atoms with E-state index >= 15 is 0 Å². The van der Waals surface area contributed by atoms with Crippen LogP contribution in [0.15, 0.2) is 17.3 Å². The standard InChI is InChI=1S/C14H16IN3O2/c1-8-5-16-11(9(2)13(8)20-4)6-18-7-17-10(3)12(15)14(18)19/h5,7H,6H2,1-4H3. The first-order chi connectivity index (χ1) is 9.45. The molecule has 0 atom stereocenters. The van der Waals surface area contributed by atoms with Crippen molar-refractivity contribution in [2.45, 2.75) is 27.3 Å². The van der Waals surface area contributed by atoms with Crippen LogP contribution >= 0.6 is 22.6 Å². The van der Waals surface area contributed by atoms with Crippen molar-refractivity contribution in [2.75, 3.05) is 7.11 Å². The van der Waals surface area contributed by atoms with Gasteiger partial charge < -0.3 is 4.74 Å². The van der Waals surface area contributed by atoms with Crippen LogP contribution < -0.4 is 10.3 Å². The SMILES string of the molecule is COc1c(C)cnc(Cn2cnc(C)c(I)c2=O)c1C. The molecule has 0 amide bonds. The minimum absolute atomic E-state index is 0.0427. The average Bonchev–Trinajstić information content (AvgIpc) is 2.43. The van der Waals surface area contributed by atoms with Gasteiger partial charge in [0.25, 0.3) is 5.56 Å². The summed E-state index contributed by atoms with van der Waals surface area (Å²) >= 11 is 2.02. The van der Waals surface area contributed by atoms with E-state index in [0.29, 0.717) is 10.1 Å². The van der Waals surface area contributed by atoms with Crippen LogP contribution in [0.1, 0.15) is 22.5 Å². The highest BCUT2D eigenvalue weighted by Gasteiger charge is 2.12. The van der Waals surface area contributed by atoms with Crippen molar-refractivity contribution in [1.29, 1.82) is 0 Å². The van der Waals surface area contributed by atoms with Gasteiger partial charge in [0.2, 0.25) is 0 Å². The van der Waals surface area contributed by atoms with Gasteiger partial charge in [0.1, 0.15) is 5.75 Å². The Morgan fingerprint density at radius 2 is 2.00 bits per heavy atom. The Balaban J connectivity index is 2.46. The van der Waals surface area contributed by atoms with Gasteiger partial charge in [-0.15, -0.1) is 0 Å². The van der Waals surface area contributed by atoms with Crippen LogP contribution in [-0.4, -0.2) is 21.6 Å². The first-order valence-corrected chi connectivity index (χ1v) is 7.24. The average molecular weight is 385 g/mol. The molecule has 0 fully saturated rings. The van der Waals surface area contributed by atoms with Crippen LogP contribution in [0.2, 0.25) is 0 Å². The Labute approximate surface area is 131 Å². The van der Waals surface area contributed by atoms with Crippen LogP contribution in [0.3, 0.4) is 0 Å². The van der Waals surface area contributed by atoms with Crippen molar-refractivity contribution in [3.8, 4) is 5.75 Å². The lowest BCUT2D eigenvalue weighted by Crippen LogP contribution is -2.25. The van der Waals surface area contributed by atoms with Crippen LogP contribution in [0.25, 0.3) is 0 Å². The number of nitrogens with zero attached hydrogens (tertiary/aromatic N) is 3. The Kier molecular flexibility index (Phi) is 4.42. The van der Waals surface area contributed by atoms with E-state index in [1.807, 2.05) is 43.4 Å². The van der Waals surface area contributed by atoms with Crippen molar-refractivity contribution < 1.29 is 4.74 Å². The molecule has 0 radical (unpaired) electrons. The highest BCUT2D eigenvalue weighted by atomic mass is 127. The third kappa shape index (κ3) is 2.70. The van der Waals surface area contributed by atoms with E-state index in [9.17, 15) is 4.79 Å². The second kappa shape index (κ2) is 5.90. The van der Waals surface area contributed by atoms with Crippen molar-refractivity contribution in [3.05, 3.63) is 49.0 Å². The van der Waals surface area contributed by atoms with E-state index in [-0.39, 0.29) is 5.56 Å². The van der Waals surface area contributed by atoms with E-state index in [4.69, 9.17) is 4.74 Å². The van der Waals surface area contributed by atoms with Crippen LogP contribution in [-0.2, 0) is 6.54 Å². The molecule has 20 heavy (non-hydrogen) atoms. The highest BCUT2D eigenvalue weighted by Crippen LogP contribution is 2.24. The maximum atomic E-state index is 12.2. The van der Waals surface area contributed by atoms with E-state index in [2.05, 4.69) is 9.97 Å². The van der Waals surface area contributed by atoms with Gasteiger partial charge in [0.05, 0.1) is 34.9 Å². The van der Waals surface area contributed by atoms with Crippen molar-refractivity contribution >= 4 is 22.6 Å². The molecule has 0 aliphatic carbocycles. The minimum Gasteiger partial charge on any atom is -0.496 e. The molecule has 5 nitrogen and oxygen atoms in total. The van der Waals surface area contributed by atoms with Crippen molar-refractivity contribution in [3.63, 3.8) is 0 Å². The molecule has 0 saturated carbocycles. The monoisotopic (exact) mass is 385 g/mol. The third-order valence-corrected chi connectivity index (χ3v) is 4.47. The molecule has 0 unspecified atom stereocenters. The smallest absolute Gasteiger partial charge is 0.267 e. The van der Waals surface area contributed by atoms with E-state index in [1.54, 1.807) is 24.2 Å². The van der Waals surface area contributed by atoms with Crippen molar-refractivity contribution in [2.24, 2.45) is 0 Å². The Hall–Kier alpha value is -1.44. The molecule has 2 rings (SSSR count). The summed E-state index contributed by atoms with van der Waals surface area (Å²) in [7, 11) is 1.64. The van der Waals surface area contributed by atoms with E-state index < -0.39 is 0 Å². The summed E-state index contributed by atoms with van der Waals surface area (Å²) in [5.41, 5.74) is 3.46. The van der Waals surface area contributed by atoms with Gasteiger partial charge in [0.15, 0.2) is 0 Å². The summed E-state index contributed by atoms with van der Waals surface area (Å²) in [5, 5.41) is 0. The molecule has 0 bridgehead atoms. The second-order valence-corrected chi connectivity index (χ2v) is 5.70. The largest absolute Gasteiger partial charge is 0.496 e. The van der Waals surface area contributed by atoms with E-state index in [0.717, 1.165) is 28.3 Å². The zero-order valence-electron chi connectivity index (χ0n) is 11.9. The van der Waals surface area contributed by atoms with Crippen LogP contribution in [0.4, 0.5) is 0 Å². The number of pyridine rings is 1. The number of hydrogen-bond acceptors (Lipinski definition) is 4. The Bertz CT molecular complexity index is 710. The Morgan fingerprint density at radius 3 is 2.65 bits per heavy atom. The minimum atomic E-state index is -0.0427. The maximum absolute atomic E-state index is 12.2. The van der Waals surface area contributed by atoms with Gasteiger partial charge in [-0.2, -0.15) is 0 Å². The molecule has 2 heterocycles. The highest BCUT2D eigenvalue weighted by molar-refractivity contribution is 14.1. The number of rotatable bonds is 3. The normalized spacial score (nSPS) is 10.7. The summed E-state index contributed by atoms with van der Waals surface area (Å²) in [5.74, 6) is 0.817. The predicted octanol–water partition coefficient (Wildman–Crippen LogP) is 2.23. The van der Waals surface area contributed by atoms with Gasteiger partial charge in [-0.25, -0.2) is 4.98 Å². The summed E-state index contributed by atoms with van der Waals surface area (Å²) in [6.07, 6.45) is 3.33. The fraction of sp³-hybridized carbons (Fsp3) is 0.357. The lowest BCUT2D eigenvalue weighted by Gasteiger charge is -2.13. The topological polar surface area (TPSA) is 57.0 Å². The second-order valence-electron chi connectivity index (χ2n) is 4.62. The maximum Gasteiger partial charge on any atom is 0.267 e. The summed E-state index contributed by atoms with van der Waals surface area (Å²) < 4.78 is 7.59. The zero-order valence-corrected chi connectivity index (χ0v) is 14.1. The fourth-order valence-corrected chi connectivity index (χ4v) is 2.50. The predicted molar refractivity (Wildman–Crippen MR) is 85.3 cm³/mol. The van der Waals surface area contributed by atoms with Crippen molar-refractivity contribution in [1.82, 2.24) is 14.5 Å². The third-order valence-electron chi connectivity index (χ3n) is 3.23. The first kappa shape index (κ1) is 15.0. The number of methoxy groups -OCH3 is 1. The molecule has 0 aliphatic rings. The zero-order chi connectivity index (χ0) is 14.9. The molecule has 0 spiro atoms. The summed E-state index contributed by atoms with van der Waals surface area (Å²) in [6, 6.07) is 0. The lowest BCUT2D eigenvalue weighted by molar-refractivity contribution is 0.406. The number of aromatic nitrogens is 3. The summed E-state index contributed by atoms with van der Waals surface area (Å²) in [4.78, 5) is 20.8. The molecule has 0 aromatic carbocycles. The molecule has 2 aromatic heterocycles. The quantitative estimate of drug-likeness (QED) is 0.761. The number of ether oxygens (including phenoxy) is 1. The van der Waals surface area contributed by atoms with Crippen LogP contribution in [0, 0.1) is 24.3 Å².